The van der Waals surface area contributed by atoms with E-state index in [9.17, 15) is 9.59 Å². The number of anilines is 2. The monoisotopic (exact) mass is 455 g/mol. The number of carbonyl (C=O) groups excluding carboxylic acids is 2. The lowest BCUT2D eigenvalue weighted by Gasteiger charge is -2.33. The third-order valence-corrected chi connectivity index (χ3v) is 6.42. The van der Waals surface area contributed by atoms with Gasteiger partial charge < -0.3 is 20.3 Å². The molecule has 2 N–H and O–H groups in total. The van der Waals surface area contributed by atoms with Crippen LogP contribution >= 0.6 is 0 Å². The van der Waals surface area contributed by atoms with Gasteiger partial charge in [-0.15, -0.1) is 0 Å². The van der Waals surface area contributed by atoms with Crippen molar-refractivity contribution in [2.75, 3.05) is 29.9 Å². The average molecular weight is 456 g/mol. The second-order valence-corrected chi connectivity index (χ2v) is 8.86. The summed E-state index contributed by atoms with van der Waals surface area (Å²) < 4.78 is 5.43. The van der Waals surface area contributed by atoms with Crippen LogP contribution in [0.5, 0.6) is 5.75 Å². The molecule has 1 saturated heterocycles. The van der Waals surface area contributed by atoms with Crippen molar-refractivity contribution in [3.63, 3.8) is 0 Å². The number of carbonyl (C=O) groups is 2. The van der Waals surface area contributed by atoms with Crippen LogP contribution in [0.15, 0.2) is 72.8 Å². The van der Waals surface area contributed by atoms with E-state index in [1.165, 1.54) is 24.9 Å². The minimum absolute atomic E-state index is 0.0159. The molecule has 0 aliphatic carbocycles. The molecule has 0 radical (unpaired) electrons. The Balaban J connectivity index is 1.40. The highest BCUT2D eigenvalue weighted by atomic mass is 16.5. The first kappa shape index (κ1) is 22.0. The number of piperidine rings is 1. The first-order chi connectivity index (χ1) is 16.7. The fraction of sp³-hybridized carbons (Fsp3) is 0.286. The zero-order chi connectivity index (χ0) is 23.3. The predicted molar refractivity (Wildman–Crippen MR) is 133 cm³/mol. The Morgan fingerprint density at radius 3 is 2.56 bits per heavy atom. The van der Waals surface area contributed by atoms with Crippen molar-refractivity contribution in [2.45, 2.75) is 31.7 Å². The number of para-hydroxylation sites is 1. The molecule has 0 saturated carbocycles. The van der Waals surface area contributed by atoms with E-state index >= 15 is 0 Å². The number of ether oxygens (including phenoxy) is 1. The lowest BCUT2D eigenvalue weighted by molar-refractivity contribution is -0.121. The van der Waals surface area contributed by atoms with Gasteiger partial charge in [0.05, 0.1) is 18.2 Å². The molecule has 6 heteroatoms. The van der Waals surface area contributed by atoms with Crippen molar-refractivity contribution < 1.29 is 14.3 Å². The third-order valence-electron chi connectivity index (χ3n) is 6.42. The highest BCUT2D eigenvalue weighted by Crippen LogP contribution is 2.33. The summed E-state index contributed by atoms with van der Waals surface area (Å²) in [5.74, 6) is 0.360. The summed E-state index contributed by atoms with van der Waals surface area (Å²) in [6.07, 6.45) is 3.85. The van der Waals surface area contributed by atoms with E-state index in [2.05, 4.69) is 45.9 Å². The summed E-state index contributed by atoms with van der Waals surface area (Å²) in [6, 6.07) is 23.7. The number of amides is 2. The van der Waals surface area contributed by atoms with Gasteiger partial charge in [-0.3, -0.25) is 9.59 Å². The number of hydrogen-bond acceptors (Lipinski definition) is 4. The highest BCUT2D eigenvalue weighted by Gasteiger charge is 2.23. The summed E-state index contributed by atoms with van der Waals surface area (Å²) in [6.45, 7) is 2.09. The largest absolute Gasteiger partial charge is 0.482 e. The summed E-state index contributed by atoms with van der Waals surface area (Å²) in [5.41, 5.74) is 4.77. The third kappa shape index (κ3) is 4.91. The zero-order valence-electron chi connectivity index (χ0n) is 19.1. The Labute approximate surface area is 199 Å². The molecule has 34 heavy (non-hydrogen) atoms. The predicted octanol–water partition coefficient (Wildman–Crippen LogP) is 4.46. The second kappa shape index (κ2) is 10.00. The van der Waals surface area contributed by atoms with Gasteiger partial charge in [0, 0.05) is 24.3 Å². The van der Waals surface area contributed by atoms with Gasteiger partial charge >= 0.3 is 0 Å². The van der Waals surface area contributed by atoms with E-state index < -0.39 is 0 Å². The number of fused-ring (bicyclic) bond motifs is 1. The van der Waals surface area contributed by atoms with Gasteiger partial charge in [-0.05, 0) is 48.6 Å². The molecule has 1 atom stereocenters. The molecule has 0 bridgehead atoms. The number of nitrogens with zero attached hydrogens (tertiary/aromatic N) is 1. The molecule has 3 aromatic rings. The van der Waals surface area contributed by atoms with Gasteiger partial charge in [0.2, 0.25) is 5.91 Å². The molecule has 2 aliphatic rings. The quantitative estimate of drug-likeness (QED) is 0.576. The standard InChI is InChI=1S/C28H29N3O3/c32-26(18-20-13-14-25-23(17-20)29-27(33)19-34-25)30-28(21-9-3-1-4-10-21)22-11-5-6-12-24(22)31-15-7-2-8-16-31/h1,3-6,9-14,17,28H,2,7-8,15-16,18-19H2,(H,29,33)(H,30,32). The smallest absolute Gasteiger partial charge is 0.262 e. The van der Waals surface area contributed by atoms with Crippen molar-refractivity contribution in [2.24, 2.45) is 0 Å². The van der Waals surface area contributed by atoms with Gasteiger partial charge in [-0.1, -0.05) is 54.6 Å². The Morgan fingerprint density at radius 2 is 1.74 bits per heavy atom. The molecule has 2 heterocycles. The minimum atomic E-state index is -0.257. The van der Waals surface area contributed by atoms with E-state index in [1.54, 1.807) is 6.07 Å². The molecular formula is C28H29N3O3. The number of benzene rings is 3. The summed E-state index contributed by atoms with van der Waals surface area (Å²) >= 11 is 0. The Kier molecular flexibility index (Phi) is 6.47. The lowest BCUT2D eigenvalue weighted by Crippen LogP contribution is -2.34. The number of nitrogens with one attached hydrogen (secondary N) is 2. The van der Waals surface area contributed by atoms with Crippen LogP contribution in [0.3, 0.4) is 0 Å². The van der Waals surface area contributed by atoms with Gasteiger partial charge in [0.1, 0.15) is 5.75 Å². The Bertz CT molecular complexity index is 1170. The molecule has 174 valence electrons. The fourth-order valence-corrected chi connectivity index (χ4v) is 4.78. The van der Waals surface area contributed by atoms with Crippen LogP contribution < -0.4 is 20.3 Å². The van der Waals surface area contributed by atoms with Gasteiger partial charge in [0.25, 0.3) is 5.91 Å². The molecule has 2 aliphatic heterocycles. The Hall–Kier alpha value is -3.80. The van der Waals surface area contributed by atoms with Gasteiger partial charge in [-0.25, -0.2) is 0 Å². The molecule has 1 unspecified atom stereocenters. The fourth-order valence-electron chi connectivity index (χ4n) is 4.78. The summed E-state index contributed by atoms with van der Waals surface area (Å²) in [4.78, 5) is 27.3. The molecule has 0 aromatic heterocycles. The maximum absolute atomic E-state index is 13.2. The zero-order valence-corrected chi connectivity index (χ0v) is 19.1. The molecule has 2 amide bonds. The summed E-state index contributed by atoms with van der Waals surface area (Å²) in [7, 11) is 0. The van der Waals surface area contributed by atoms with Crippen molar-refractivity contribution in [1.29, 1.82) is 0 Å². The highest BCUT2D eigenvalue weighted by molar-refractivity contribution is 5.95. The second-order valence-electron chi connectivity index (χ2n) is 8.86. The van der Waals surface area contributed by atoms with Gasteiger partial charge in [0.15, 0.2) is 6.61 Å². The molecule has 3 aromatic carbocycles. The van der Waals surface area contributed by atoms with E-state index in [0.717, 1.165) is 29.8 Å². The minimum Gasteiger partial charge on any atom is -0.482 e. The average Bonchev–Trinajstić information content (AvgIpc) is 2.88. The van der Waals surface area contributed by atoms with E-state index in [1.807, 2.05) is 36.4 Å². The topological polar surface area (TPSA) is 70.7 Å². The van der Waals surface area contributed by atoms with Gasteiger partial charge in [-0.2, -0.15) is 0 Å². The SMILES string of the molecule is O=C1COc2ccc(CC(=O)NC(c3ccccc3)c3ccccc3N3CCCCC3)cc2N1. The van der Waals surface area contributed by atoms with Crippen LogP contribution in [-0.2, 0) is 16.0 Å². The molecule has 5 rings (SSSR count). The van der Waals surface area contributed by atoms with Crippen LogP contribution in [0.1, 0.15) is 42.0 Å². The van der Waals surface area contributed by atoms with Crippen LogP contribution in [0.4, 0.5) is 11.4 Å². The number of rotatable bonds is 6. The van der Waals surface area contributed by atoms with Crippen LogP contribution in [0.2, 0.25) is 0 Å². The Morgan fingerprint density at radius 1 is 0.971 bits per heavy atom. The molecule has 1 fully saturated rings. The van der Waals surface area contributed by atoms with E-state index in [4.69, 9.17) is 4.74 Å². The van der Waals surface area contributed by atoms with Crippen LogP contribution in [0.25, 0.3) is 0 Å². The first-order valence-corrected chi connectivity index (χ1v) is 11.9. The van der Waals surface area contributed by atoms with Crippen LogP contribution in [-0.4, -0.2) is 31.5 Å². The van der Waals surface area contributed by atoms with Crippen molar-refractivity contribution in [3.05, 3.63) is 89.5 Å². The maximum atomic E-state index is 13.2. The van der Waals surface area contributed by atoms with E-state index in [-0.39, 0.29) is 30.9 Å². The number of hydrogen-bond donors (Lipinski definition) is 2. The van der Waals surface area contributed by atoms with Crippen LogP contribution in [0, 0.1) is 0 Å². The summed E-state index contributed by atoms with van der Waals surface area (Å²) in [5, 5.41) is 6.09. The molecular weight excluding hydrogens is 426 g/mol. The van der Waals surface area contributed by atoms with Crippen molar-refractivity contribution in [3.8, 4) is 5.75 Å². The van der Waals surface area contributed by atoms with Crippen molar-refractivity contribution in [1.82, 2.24) is 5.32 Å². The van der Waals surface area contributed by atoms with Crippen molar-refractivity contribution >= 4 is 23.2 Å². The normalized spacial score (nSPS) is 16.1. The van der Waals surface area contributed by atoms with E-state index in [0.29, 0.717) is 11.4 Å². The lowest BCUT2D eigenvalue weighted by atomic mass is 9.95. The maximum Gasteiger partial charge on any atom is 0.262 e. The molecule has 0 spiro atoms. The molecule has 6 nitrogen and oxygen atoms in total. The first-order valence-electron chi connectivity index (χ1n) is 11.9.